The Morgan fingerprint density at radius 1 is 0.680 bits per heavy atom. The van der Waals surface area contributed by atoms with Crippen molar-refractivity contribution in [3.8, 4) is 0 Å². The molecule has 0 aliphatic carbocycles. The van der Waals surface area contributed by atoms with Gasteiger partial charge in [0.2, 0.25) is 0 Å². The Balaban J connectivity index is 1.85. The minimum absolute atomic E-state index is 0.274. The van der Waals surface area contributed by atoms with Gasteiger partial charge in [0.1, 0.15) is 24.0 Å². The molecule has 0 heterocycles. The molecule has 0 bridgehead atoms. The van der Waals surface area contributed by atoms with Crippen LogP contribution >= 0.6 is 0 Å². The number of hydrogen-bond donors (Lipinski definition) is 0. The first-order valence-corrected chi connectivity index (χ1v) is 7.59. The summed E-state index contributed by atoms with van der Waals surface area (Å²) < 4.78 is 15.4. The molecule has 0 saturated heterocycles. The molecule has 2 aromatic rings. The average Bonchev–Trinajstić information content (AvgIpc) is 2.65. The van der Waals surface area contributed by atoms with Crippen molar-refractivity contribution in [3.63, 3.8) is 0 Å². The number of esters is 2. The van der Waals surface area contributed by atoms with Crippen molar-refractivity contribution >= 4 is 11.9 Å². The van der Waals surface area contributed by atoms with Gasteiger partial charge >= 0.3 is 11.9 Å². The summed E-state index contributed by atoms with van der Waals surface area (Å²) in [6.07, 6.45) is 2.46. The fourth-order valence-electron chi connectivity index (χ4n) is 1.79. The van der Waals surface area contributed by atoms with Gasteiger partial charge in [-0.1, -0.05) is 36.4 Å². The van der Waals surface area contributed by atoms with E-state index in [1.165, 1.54) is 12.5 Å². The van der Waals surface area contributed by atoms with Crippen molar-refractivity contribution in [1.82, 2.24) is 0 Å². The highest BCUT2D eigenvalue weighted by atomic mass is 16.6. The zero-order chi connectivity index (χ0) is 18.1. The van der Waals surface area contributed by atoms with Gasteiger partial charge in [-0.2, -0.15) is 0 Å². The predicted octanol–water partition coefficient (Wildman–Crippen LogP) is 4.44. The van der Waals surface area contributed by atoms with E-state index >= 15 is 0 Å². The van der Waals surface area contributed by atoms with Gasteiger partial charge in [0.05, 0.1) is 11.1 Å². The maximum absolute atomic E-state index is 11.9. The molecule has 2 rings (SSSR count). The number of hydrogen-bond acceptors (Lipinski definition) is 5. The van der Waals surface area contributed by atoms with E-state index in [9.17, 15) is 9.59 Å². The fourth-order valence-corrected chi connectivity index (χ4v) is 1.79. The van der Waals surface area contributed by atoms with Crippen molar-refractivity contribution in [1.29, 1.82) is 0 Å². The van der Waals surface area contributed by atoms with Gasteiger partial charge in [0.15, 0.2) is 0 Å². The zero-order valence-corrected chi connectivity index (χ0v) is 14.0. The van der Waals surface area contributed by atoms with Crippen LogP contribution in [0.3, 0.4) is 0 Å². The van der Waals surface area contributed by atoms with Crippen LogP contribution in [-0.2, 0) is 14.2 Å². The lowest BCUT2D eigenvalue weighted by atomic mass is 10.2. The first kappa shape index (κ1) is 18.0. The summed E-state index contributed by atoms with van der Waals surface area (Å²) in [5, 5.41) is 0. The van der Waals surface area contributed by atoms with E-state index in [1.54, 1.807) is 62.4 Å². The third-order valence-electron chi connectivity index (χ3n) is 3.02. The third-order valence-corrected chi connectivity index (χ3v) is 3.02. The molecule has 0 spiro atoms. The molecule has 0 aliphatic rings. The van der Waals surface area contributed by atoms with Crippen LogP contribution in [0, 0.1) is 0 Å². The first-order chi connectivity index (χ1) is 12.1. The number of ether oxygens (including phenoxy) is 3. The highest BCUT2D eigenvalue weighted by Gasteiger charge is 2.07. The second kappa shape index (κ2) is 9.08. The number of allylic oxidation sites excluding steroid dienone is 2. The number of benzene rings is 2. The van der Waals surface area contributed by atoms with Crippen LogP contribution < -0.4 is 0 Å². The van der Waals surface area contributed by atoms with Crippen LogP contribution in [0.2, 0.25) is 0 Å². The number of rotatable bonds is 6. The zero-order valence-electron chi connectivity index (χ0n) is 14.0. The quantitative estimate of drug-likeness (QED) is 0.575. The Morgan fingerprint density at radius 2 is 1.16 bits per heavy atom. The highest BCUT2D eigenvalue weighted by Crippen LogP contribution is 2.08. The van der Waals surface area contributed by atoms with Gasteiger partial charge < -0.3 is 14.2 Å². The van der Waals surface area contributed by atoms with E-state index in [0.717, 1.165) is 0 Å². The van der Waals surface area contributed by atoms with Gasteiger partial charge in [0.25, 0.3) is 0 Å². The molecular weight excluding hydrogens is 320 g/mol. The second-order valence-corrected chi connectivity index (χ2v) is 5.10. The smallest absolute Gasteiger partial charge is 0.343 e. The van der Waals surface area contributed by atoms with Gasteiger partial charge in [0, 0.05) is 0 Å². The third kappa shape index (κ3) is 5.99. The monoisotopic (exact) mass is 338 g/mol. The lowest BCUT2D eigenvalue weighted by Gasteiger charge is -2.06. The van der Waals surface area contributed by atoms with Crippen LogP contribution in [0.5, 0.6) is 0 Å². The van der Waals surface area contributed by atoms with Crippen LogP contribution in [0.15, 0.2) is 84.7 Å². The standard InChI is InChI=1S/C20H18O5/c1-15(13-24-19(21)17-9-5-3-6-10-17)23-14-16(2)25-20(22)18-11-7-4-8-12-18/h3-14H,1-2H3. The maximum Gasteiger partial charge on any atom is 0.343 e. The molecule has 0 saturated carbocycles. The highest BCUT2D eigenvalue weighted by molar-refractivity contribution is 5.90. The van der Waals surface area contributed by atoms with Crippen molar-refractivity contribution in [2.45, 2.75) is 13.8 Å². The van der Waals surface area contributed by atoms with Crippen LogP contribution in [0.4, 0.5) is 0 Å². The molecular formula is C20H18O5. The van der Waals surface area contributed by atoms with Crippen molar-refractivity contribution in [2.24, 2.45) is 0 Å². The van der Waals surface area contributed by atoms with Crippen LogP contribution in [0.1, 0.15) is 34.6 Å². The molecule has 5 nitrogen and oxygen atoms in total. The van der Waals surface area contributed by atoms with Crippen LogP contribution in [-0.4, -0.2) is 11.9 Å². The normalized spacial score (nSPS) is 11.6. The SMILES string of the molecule is CC(=COC(=O)c1ccccc1)OC=C(C)OC(=O)c1ccccc1. The van der Waals surface area contributed by atoms with E-state index < -0.39 is 11.9 Å². The molecule has 0 N–H and O–H groups in total. The van der Waals surface area contributed by atoms with Gasteiger partial charge in [-0.15, -0.1) is 0 Å². The summed E-state index contributed by atoms with van der Waals surface area (Å²) in [5.74, 6) is -0.356. The molecule has 0 aliphatic heterocycles. The Labute approximate surface area is 146 Å². The average molecular weight is 338 g/mol. The summed E-state index contributed by atoms with van der Waals surface area (Å²) >= 11 is 0. The Bertz CT molecular complexity index is 776. The summed E-state index contributed by atoms with van der Waals surface area (Å²) in [6.45, 7) is 3.20. The molecule has 5 heteroatoms. The molecule has 0 aromatic heterocycles. The molecule has 0 fully saturated rings. The molecule has 128 valence electrons. The van der Waals surface area contributed by atoms with E-state index in [4.69, 9.17) is 14.2 Å². The van der Waals surface area contributed by atoms with Crippen molar-refractivity contribution in [3.05, 3.63) is 95.8 Å². The maximum atomic E-state index is 11.9. The molecule has 0 unspecified atom stereocenters. The van der Waals surface area contributed by atoms with Crippen LogP contribution in [0.25, 0.3) is 0 Å². The number of carbonyl (C=O) groups excluding carboxylic acids is 2. The Hall–Kier alpha value is -3.34. The topological polar surface area (TPSA) is 61.8 Å². The first-order valence-electron chi connectivity index (χ1n) is 7.59. The summed E-state index contributed by atoms with van der Waals surface area (Å²) in [4.78, 5) is 23.7. The number of carbonyl (C=O) groups is 2. The lowest BCUT2D eigenvalue weighted by molar-refractivity contribution is 0.0614. The molecule has 25 heavy (non-hydrogen) atoms. The van der Waals surface area contributed by atoms with Crippen molar-refractivity contribution in [2.75, 3.05) is 0 Å². The predicted molar refractivity (Wildman–Crippen MR) is 92.3 cm³/mol. The van der Waals surface area contributed by atoms with Gasteiger partial charge in [-0.3, -0.25) is 0 Å². The Morgan fingerprint density at radius 3 is 1.72 bits per heavy atom. The summed E-state index contributed by atoms with van der Waals surface area (Å²) in [7, 11) is 0. The molecule has 0 amide bonds. The second-order valence-electron chi connectivity index (χ2n) is 5.10. The summed E-state index contributed by atoms with van der Waals surface area (Å²) in [5.41, 5.74) is 0.884. The molecule has 0 radical (unpaired) electrons. The fraction of sp³-hybridized carbons (Fsp3) is 0.100. The van der Waals surface area contributed by atoms with E-state index in [-0.39, 0.29) is 5.76 Å². The largest absolute Gasteiger partial charge is 0.463 e. The van der Waals surface area contributed by atoms with E-state index in [1.807, 2.05) is 12.1 Å². The van der Waals surface area contributed by atoms with Crippen molar-refractivity contribution < 1.29 is 23.8 Å². The Kier molecular flexibility index (Phi) is 6.54. The molecule has 0 atom stereocenters. The van der Waals surface area contributed by atoms with E-state index in [2.05, 4.69) is 0 Å². The molecule has 2 aromatic carbocycles. The minimum atomic E-state index is -0.486. The van der Waals surface area contributed by atoms with Gasteiger partial charge in [-0.05, 0) is 38.1 Å². The van der Waals surface area contributed by atoms with E-state index in [0.29, 0.717) is 16.9 Å². The minimum Gasteiger partial charge on any atom is -0.463 e. The van der Waals surface area contributed by atoms with Gasteiger partial charge in [-0.25, -0.2) is 9.59 Å². The summed E-state index contributed by atoms with van der Waals surface area (Å²) in [6, 6.07) is 17.2. The lowest BCUT2D eigenvalue weighted by Crippen LogP contribution is -2.03.